The van der Waals surface area contributed by atoms with E-state index < -0.39 is 31.7 Å². The zero-order valence-electron chi connectivity index (χ0n) is 10.1. The van der Waals surface area contributed by atoms with Gasteiger partial charge in [0.25, 0.3) is 10.0 Å². The van der Waals surface area contributed by atoms with Crippen molar-refractivity contribution in [2.24, 2.45) is 0 Å². The third-order valence-corrected chi connectivity index (χ3v) is 5.16. The van der Waals surface area contributed by atoms with E-state index in [9.17, 15) is 17.6 Å². The number of aromatic nitrogens is 1. The van der Waals surface area contributed by atoms with Gasteiger partial charge in [-0.15, -0.1) is 11.3 Å². The summed E-state index contributed by atoms with van der Waals surface area (Å²) in [4.78, 5) is 14.4. The highest BCUT2D eigenvalue weighted by Crippen LogP contribution is 2.25. The van der Waals surface area contributed by atoms with E-state index in [1.165, 1.54) is 12.1 Å². The molecule has 2 rings (SSSR count). The molecule has 1 aromatic heterocycles. The first kappa shape index (κ1) is 14.4. The number of aryl methyl sites for hydroxylation is 1. The molecule has 0 radical (unpaired) electrons. The molecule has 0 atom stereocenters. The van der Waals surface area contributed by atoms with E-state index in [0.717, 1.165) is 11.6 Å². The number of benzene rings is 1. The van der Waals surface area contributed by atoms with Gasteiger partial charge in [0.15, 0.2) is 9.90 Å². The normalized spacial score (nSPS) is 11.3. The number of nitrogens with zero attached hydrogens (tertiary/aromatic N) is 1. The minimum absolute atomic E-state index is 0.0507. The highest BCUT2D eigenvalue weighted by Gasteiger charge is 2.26. The summed E-state index contributed by atoms with van der Waals surface area (Å²) in [6.45, 7) is 1.60. The number of anilines is 1. The third-order valence-electron chi connectivity index (χ3n) is 2.43. The van der Waals surface area contributed by atoms with Gasteiger partial charge >= 0.3 is 5.97 Å². The standard InChI is InChI=1S/C11H9FN2O4S2/c1-6-2-3-7(12)4-8(6)14-20(17,18)11-9(10(15)16)13-5-19-11/h2-5,14H,1H3,(H,15,16). The molecule has 0 fully saturated rings. The molecule has 2 N–H and O–H groups in total. The number of rotatable bonds is 4. The zero-order chi connectivity index (χ0) is 14.9. The van der Waals surface area contributed by atoms with Crippen LogP contribution in [0.1, 0.15) is 16.1 Å². The number of carboxylic acid groups (broad SMARTS) is 1. The second-order valence-electron chi connectivity index (χ2n) is 3.86. The Balaban J connectivity index is 2.44. The van der Waals surface area contributed by atoms with E-state index in [-0.39, 0.29) is 5.69 Å². The Kier molecular flexibility index (Phi) is 3.73. The van der Waals surface area contributed by atoms with Crippen LogP contribution in [0.25, 0.3) is 0 Å². The van der Waals surface area contributed by atoms with Gasteiger partial charge in [0, 0.05) is 0 Å². The number of hydrogen-bond donors (Lipinski definition) is 2. The predicted molar refractivity (Wildman–Crippen MR) is 71.0 cm³/mol. The van der Waals surface area contributed by atoms with Crippen LogP contribution in [0.5, 0.6) is 0 Å². The van der Waals surface area contributed by atoms with Crippen LogP contribution >= 0.6 is 11.3 Å². The lowest BCUT2D eigenvalue weighted by Gasteiger charge is -2.09. The first-order valence-corrected chi connectivity index (χ1v) is 7.63. The van der Waals surface area contributed by atoms with Crippen LogP contribution < -0.4 is 4.72 Å². The molecule has 0 unspecified atom stereocenters. The molecule has 1 heterocycles. The van der Waals surface area contributed by atoms with Crippen LogP contribution in [0.15, 0.2) is 27.9 Å². The van der Waals surface area contributed by atoms with Crippen LogP contribution in [0.2, 0.25) is 0 Å². The number of halogens is 1. The zero-order valence-corrected chi connectivity index (χ0v) is 11.8. The molecule has 0 spiro atoms. The maximum absolute atomic E-state index is 13.1. The van der Waals surface area contributed by atoms with Crippen molar-refractivity contribution in [2.75, 3.05) is 4.72 Å². The predicted octanol–water partition coefficient (Wildman–Crippen LogP) is 2.09. The molecular weight excluding hydrogens is 307 g/mol. The van der Waals surface area contributed by atoms with E-state index in [2.05, 4.69) is 9.71 Å². The Morgan fingerprint density at radius 2 is 2.15 bits per heavy atom. The van der Waals surface area contributed by atoms with E-state index in [4.69, 9.17) is 5.11 Å². The van der Waals surface area contributed by atoms with Crippen molar-refractivity contribution in [1.29, 1.82) is 0 Å². The SMILES string of the molecule is Cc1ccc(F)cc1NS(=O)(=O)c1scnc1C(=O)O. The lowest BCUT2D eigenvalue weighted by atomic mass is 10.2. The van der Waals surface area contributed by atoms with Gasteiger partial charge in [0.1, 0.15) is 5.82 Å². The van der Waals surface area contributed by atoms with Crippen LogP contribution in [-0.4, -0.2) is 24.5 Å². The van der Waals surface area contributed by atoms with Gasteiger partial charge in [0.05, 0.1) is 11.2 Å². The van der Waals surface area contributed by atoms with Crippen LogP contribution in [0.4, 0.5) is 10.1 Å². The summed E-state index contributed by atoms with van der Waals surface area (Å²) in [5.41, 5.74) is 1.12. The molecule has 0 bridgehead atoms. The average molecular weight is 316 g/mol. The molecule has 20 heavy (non-hydrogen) atoms. The van der Waals surface area contributed by atoms with Gasteiger partial charge in [-0.3, -0.25) is 4.72 Å². The van der Waals surface area contributed by atoms with Crippen molar-refractivity contribution in [3.63, 3.8) is 0 Å². The lowest BCUT2D eigenvalue weighted by molar-refractivity contribution is 0.0687. The first-order chi connectivity index (χ1) is 9.31. The maximum atomic E-state index is 13.1. The van der Waals surface area contributed by atoms with E-state index in [1.807, 2.05) is 0 Å². The monoisotopic (exact) mass is 316 g/mol. The lowest BCUT2D eigenvalue weighted by Crippen LogP contribution is -2.16. The van der Waals surface area contributed by atoms with Gasteiger partial charge in [-0.05, 0) is 24.6 Å². The second-order valence-corrected chi connectivity index (χ2v) is 6.59. The fourth-order valence-electron chi connectivity index (χ4n) is 1.46. The van der Waals surface area contributed by atoms with Crippen molar-refractivity contribution >= 4 is 33.0 Å². The number of carbonyl (C=O) groups is 1. The van der Waals surface area contributed by atoms with Gasteiger partial charge in [0.2, 0.25) is 0 Å². The topological polar surface area (TPSA) is 96.4 Å². The summed E-state index contributed by atoms with van der Waals surface area (Å²) < 4.78 is 39.1. The Morgan fingerprint density at radius 3 is 2.80 bits per heavy atom. The summed E-state index contributed by atoms with van der Waals surface area (Å²) in [6, 6.07) is 3.63. The van der Waals surface area contributed by atoms with Gasteiger partial charge in [-0.25, -0.2) is 22.6 Å². The third kappa shape index (κ3) is 2.78. The average Bonchev–Trinajstić information content (AvgIpc) is 2.83. The molecule has 0 saturated heterocycles. The molecule has 1 aromatic carbocycles. The summed E-state index contributed by atoms with van der Waals surface area (Å²) in [5.74, 6) is -2.04. The largest absolute Gasteiger partial charge is 0.476 e. The van der Waals surface area contributed by atoms with Gasteiger partial charge < -0.3 is 5.11 Å². The molecule has 0 aliphatic carbocycles. The molecule has 106 valence electrons. The van der Waals surface area contributed by atoms with Crippen LogP contribution in [0.3, 0.4) is 0 Å². The fraction of sp³-hybridized carbons (Fsp3) is 0.0909. The fourth-order valence-corrected chi connectivity index (χ4v) is 3.73. The first-order valence-electron chi connectivity index (χ1n) is 5.27. The number of sulfonamides is 1. The quantitative estimate of drug-likeness (QED) is 0.900. The Morgan fingerprint density at radius 1 is 1.45 bits per heavy atom. The minimum atomic E-state index is -4.13. The van der Waals surface area contributed by atoms with E-state index >= 15 is 0 Å². The number of thiazole rings is 1. The van der Waals surface area contributed by atoms with Crippen molar-refractivity contribution in [3.05, 3.63) is 40.8 Å². The Bertz CT molecular complexity index is 770. The summed E-state index contributed by atoms with van der Waals surface area (Å²) in [7, 11) is -4.13. The van der Waals surface area contributed by atoms with Crippen LogP contribution in [0, 0.1) is 12.7 Å². The Labute approximate surface area is 118 Å². The highest BCUT2D eigenvalue weighted by atomic mass is 32.2. The number of carboxylic acids is 1. The van der Waals surface area contributed by atoms with Crippen molar-refractivity contribution < 1.29 is 22.7 Å². The number of nitrogens with one attached hydrogen (secondary N) is 1. The Hall–Kier alpha value is -2.00. The maximum Gasteiger partial charge on any atom is 0.356 e. The molecule has 9 heteroatoms. The molecule has 6 nitrogen and oxygen atoms in total. The summed E-state index contributed by atoms with van der Waals surface area (Å²) in [5, 5.41) is 8.87. The minimum Gasteiger partial charge on any atom is -0.476 e. The molecular formula is C11H9FN2O4S2. The molecule has 0 saturated carbocycles. The summed E-state index contributed by atoms with van der Waals surface area (Å²) >= 11 is 0.678. The molecule has 0 aliphatic rings. The summed E-state index contributed by atoms with van der Waals surface area (Å²) in [6.07, 6.45) is 0. The van der Waals surface area contributed by atoms with E-state index in [0.29, 0.717) is 16.9 Å². The van der Waals surface area contributed by atoms with Crippen molar-refractivity contribution in [1.82, 2.24) is 4.98 Å². The van der Waals surface area contributed by atoms with Gasteiger partial charge in [-0.2, -0.15) is 0 Å². The van der Waals surface area contributed by atoms with Gasteiger partial charge in [-0.1, -0.05) is 6.07 Å². The second kappa shape index (κ2) is 5.17. The molecule has 0 aliphatic heterocycles. The molecule has 2 aromatic rings. The van der Waals surface area contributed by atoms with Crippen molar-refractivity contribution in [3.8, 4) is 0 Å². The number of aromatic carboxylic acids is 1. The highest BCUT2D eigenvalue weighted by molar-refractivity contribution is 7.94. The van der Waals surface area contributed by atoms with Crippen LogP contribution in [-0.2, 0) is 10.0 Å². The van der Waals surface area contributed by atoms with E-state index in [1.54, 1.807) is 6.92 Å². The smallest absolute Gasteiger partial charge is 0.356 e. The molecule has 0 amide bonds. The van der Waals surface area contributed by atoms with Crippen molar-refractivity contribution in [2.45, 2.75) is 11.1 Å². The number of hydrogen-bond acceptors (Lipinski definition) is 5.